The van der Waals surface area contributed by atoms with Gasteiger partial charge in [-0.3, -0.25) is 0 Å². The Bertz CT molecular complexity index is 3050. The average molecular weight is 744 g/mol. The van der Waals surface area contributed by atoms with Crippen molar-refractivity contribution in [2.45, 2.75) is 6.42 Å². The molecule has 0 bridgehead atoms. The van der Waals surface area contributed by atoms with Gasteiger partial charge >= 0.3 is 0 Å². The number of thiophene rings is 1. The molecule has 268 valence electrons. The van der Waals surface area contributed by atoms with Gasteiger partial charge < -0.3 is 4.90 Å². The average Bonchev–Trinajstić information content (AvgIpc) is 3.85. The third kappa shape index (κ3) is 6.12. The molecule has 1 nitrogen and oxygen atoms in total. The van der Waals surface area contributed by atoms with Crippen molar-refractivity contribution < 1.29 is 0 Å². The Morgan fingerprint density at radius 3 is 1.39 bits per heavy atom. The first kappa shape index (κ1) is 33.3. The van der Waals surface area contributed by atoms with Gasteiger partial charge in [0, 0.05) is 37.2 Å². The molecule has 0 spiro atoms. The maximum atomic E-state index is 2.37. The zero-order valence-corrected chi connectivity index (χ0v) is 32.1. The number of fused-ring (bicyclic) bond motifs is 6. The first-order valence-electron chi connectivity index (χ1n) is 19.6. The molecule has 1 heterocycles. The van der Waals surface area contributed by atoms with E-state index in [4.69, 9.17) is 0 Å². The molecule has 0 saturated carbocycles. The molecule has 0 unspecified atom stereocenters. The molecule has 57 heavy (non-hydrogen) atoms. The fourth-order valence-corrected chi connectivity index (χ4v) is 9.64. The van der Waals surface area contributed by atoms with Gasteiger partial charge in [-0.25, -0.2) is 0 Å². The zero-order chi connectivity index (χ0) is 37.7. The van der Waals surface area contributed by atoms with Crippen LogP contribution < -0.4 is 4.90 Å². The molecular weight excluding hydrogens is 707 g/mol. The molecule has 10 aromatic rings. The Kier molecular flexibility index (Phi) is 8.15. The predicted molar refractivity (Wildman–Crippen MR) is 244 cm³/mol. The third-order valence-corrected chi connectivity index (χ3v) is 12.7. The van der Waals surface area contributed by atoms with Gasteiger partial charge in [-0.2, -0.15) is 0 Å². The van der Waals surface area contributed by atoms with E-state index in [1.807, 2.05) is 11.3 Å². The van der Waals surface area contributed by atoms with Crippen molar-refractivity contribution in [2.24, 2.45) is 0 Å². The van der Waals surface area contributed by atoms with Gasteiger partial charge in [0.15, 0.2) is 0 Å². The molecule has 1 aliphatic carbocycles. The van der Waals surface area contributed by atoms with Crippen molar-refractivity contribution in [3.05, 3.63) is 223 Å². The third-order valence-electron chi connectivity index (χ3n) is 11.5. The molecule has 11 rings (SSSR count). The quantitative estimate of drug-likeness (QED) is 0.157. The summed E-state index contributed by atoms with van der Waals surface area (Å²) in [5.74, 6) is 0. The largest absolute Gasteiger partial charge is 0.311 e. The predicted octanol–water partition coefficient (Wildman–Crippen LogP) is 15.8. The zero-order valence-electron chi connectivity index (χ0n) is 31.3. The number of anilines is 3. The molecule has 0 amide bonds. The second kappa shape index (κ2) is 13.9. The summed E-state index contributed by atoms with van der Waals surface area (Å²) in [6, 6.07) is 77.8. The Morgan fingerprint density at radius 2 is 0.737 bits per heavy atom. The highest BCUT2D eigenvalue weighted by atomic mass is 32.1. The van der Waals surface area contributed by atoms with Gasteiger partial charge in [-0.1, -0.05) is 152 Å². The molecule has 0 radical (unpaired) electrons. The van der Waals surface area contributed by atoms with Crippen LogP contribution in [0.4, 0.5) is 17.1 Å². The van der Waals surface area contributed by atoms with Crippen LogP contribution in [0.3, 0.4) is 0 Å². The highest BCUT2D eigenvalue weighted by Gasteiger charge is 2.19. The summed E-state index contributed by atoms with van der Waals surface area (Å²) in [4.78, 5) is 2.37. The summed E-state index contributed by atoms with van der Waals surface area (Å²) < 4.78 is 2.66. The Balaban J connectivity index is 0.939. The normalized spacial score (nSPS) is 11.8. The van der Waals surface area contributed by atoms with Crippen molar-refractivity contribution in [1.82, 2.24) is 0 Å². The van der Waals surface area contributed by atoms with Crippen LogP contribution in [-0.2, 0) is 6.42 Å². The summed E-state index contributed by atoms with van der Waals surface area (Å²) in [7, 11) is 0. The molecule has 1 aliphatic rings. The lowest BCUT2D eigenvalue weighted by atomic mass is 9.98. The lowest BCUT2D eigenvalue weighted by Gasteiger charge is -2.26. The molecule has 9 aromatic carbocycles. The number of nitrogens with zero attached hydrogens (tertiary/aromatic N) is 1. The van der Waals surface area contributed by atoms with Gasteiger partial charge in [-0.15, -0.1) is 11.3 Å². The summed E-state index contributed by atoms with van der Waals surface area (Å²) in [5.41, 5.74) is 18.6. The van der Waals surface area contributed by atoms with Crippen molar-refractivity contribution >= 4 is 48.6 Å². The van der Waals surface area contributed by atoms with E-state index in [9.17, 15) is 0 Å². The van der Waals surface area contributed by atoms with Gasteiger partial charge in [-0.05, 0) is 134 Å². The van der Waals surface area contributed by atoms with E-state index in [1.165, 1.54) is 86.9 Å². The fourth-order valence-electron chi connectivity index (χ4n) is 8.55. The van der Waals surface area contributed by atoms with E-state index >= 15 is 0 Å². The maximum absolute atomic E-state index is 2.37. The van der Waals surface area contributed by atoms with E-state index < -0.39 is 0 Å². The molecule has 0 N–H and O–H groups in total. The van der Waals surface area contributed by atoms with E-state index in [1.54, 1.807) is 0 Å². The standard InChI is InChI=1S/C55H37NS/c1-2-8-37(9-3-1)38-14-16-39(17-15-38)40-20-27-47(28-21-40)56(48-29-22-41(23-30-48)43-18-19-46-34-45-10-4-5-11-50(45)52(46)35-43)49-31-24-42(25-32-49)44-26-33-55-53(36-44)51-12-6-7-13-54(51)57-55/h1-33,35-36H,34H2. The topological polar surface area (TPSA) is 3.24 Å². The summed E-state index contributed by atoms with van der Waals surface area (Å²) in [6.45, 7) is 0. The minimum atomic E-state index is 1.01. The summed E-state index contributed by atoms with van der Waals surface area (Å²) in [6.07, 6.45) is 1.01. The number of hydrogen-bond donors (Lipinski definition) is 0. The molecule has 0 fully saturated rings. The van der Waals surface area contributed by atoms with E-state index in [2.05, 4.69) is 217 Å². The highest BCUT2D eigenvalue weighted by molar-refractivity contribution is 7.25. The lowest BCUT2D eigenvalue weighted by Crippen LogP contribution is -2.09. The second-order valence-electron chi connectivity index (χ2n) is 14.9. The van der Waals surface area contributed by atoms with Crippen LogP contribution in [0.5, 0.6) is 0 Å². The van der Waals surface area contributed by atoms with Crippen LogP contribution in [0.2, 0.25) is 0 Å². The molecule has 0 aliphatic heterocycles. The van der Waals surface area contributed by atoms with Crippen molar-refractivity contribution in [2.75, 3.05) is 4.90 Å². The van der Waals surface area contributed by atoms with E-state index in [0.29, 0.717) is 0 Å². The first-order chi connectivity index (χ1) is 28.2. The van der Waals surface area contributed by atoms with Gasteiger partial charge in [0.1, 0.15) is 0 Å². The molecule has 0 atom stereocenters. The molecular formula is C55H37NS. The van der Waals surface area contributed by atoms with Crippen LogP contribution in [0, 0.1) is 0 Å². The van der Waals surface area contributed by atoms with E-state index in [-0.39, 0.29) is 0 Å². The SMILES string of the molecule is c1ccc(-c2ccc(-c3ccc(N(c4ccc(-c5ccc6c(c5)-c5ccccc5C6)cc4)c4ccc(-c5ccc6sc7ccccc7c6c5)cc4)cc3)cc2)cc1. The van der Waals surface area contributed by atoms with Crippen LogP contribution in [-0.4, -0.2) is 0 Å². The van der Waals surface area contributed by atoms with Crippen LogP contribution in [0.25, 0.3) is 75.8 Å². The van der Waals surface area contributed by atoms with Gasteiger partial charge in [0.05, 0.1) is 0 Å². The van der Waals surface area contributed by atoms with Crippen molar-refractivity contribution in [1.29, 1.82) is 0 Å². The molecule has 2 heteroatoms. The lowest BCUT2D eigenvalue weighted by molar-refractivity contribution is 1.26. The fraction of sp³-hybridized carbons (Fsp3) is 0.0182. The number of benzene rings is 9. The van der Waals surface area contributed by atoms with Crippen molar-refractivity contribution in [3.63, 3.8) is 0 Å². The van der Waals surface area contributed by atoms with Crippen LogP contribution >= 0.6 is 11.3 Å². The van der Waals surface area contributed by atoms with E-state index in [0.717, 1.165) is 23.5 Å². The van der Waals surface area contributed by atoms with Gasteiger partial charge in [0.2, 0.25) is 0 Å². The van der Waals surface area contributed by atoms with Crippen LogP contribution in [0.15, 0.2) is 212 Å². The highest BCUT2D eigenvalue weighted by Crippen LogP contribution is 2.42. The van der Waals surface area contributed by atoms with Gasteiger partial charge in [0.25, 0.3) is 0 Å². The minimum Gasteiger partial charge on any atom is -0.311 e. The molecule has 0 saturated heterocycles. The van der Waals surface area contributed by atoms with Crippen LogP contribution in [0.1, 0.15) is 11.1 Å². The summed E-state index contributed by atoms with van der Waals surface area (Å²) in [5, 5.41) is 2.65. The smallest absolute Gasteiger partial charge is 0.0462 e. The molecule has 1 aromatic heterocycles. The Labute approximate surface area is 337 Å². The number of rotatable bonds is 7. The Hall–Kier alpha value is -7.00. The number of hydrogen-bond acceptors (Lipinski definition) is 2. The second-order valence-corrected chi connectivity index (χ2v) is 16.0. The minimum absolute atomic E-state index is 1.01. The summed E-state index contributed by atoms with van der Waals surface area (Å²) >= 11 is 1.86. The Morgan fingerprint density at radius 1 is 0.298 bits per heavy atom. The maximum Gasteiger partial charge on any atom is 0.0462 e. The monoisotopic (exact) mass is 743 g/mol. The van der Waals surface area contributed by atoms with Crippen molar-refractivity contribution in [3.8, 4) is 55.6 Å². The first-order valence-corrected chi connectivity index (χ1v) is 20.4.